The lowest BCUT2D eigenvalue weighted by Gasteiger charge is -2.27. The Kier molecular flexibility index (Phi) is 9.61. The highest BCUT2D eigenvalue weighted by molar-refractivity contribution is 7.97. The number of nitrogens with one attached hydrogen (secondary N) is 2. The van der Waals surface area contributed by atoms with Crippen LogP contribution >= 0.6 is 11.8 Å². The Balaban J connectivity index is 1.94. The highest BCUT2D eigenvalue weighted by Gasteiger charge is 2.26. The van der Waals surface area contributed by atoms with E-state index in [1.54, 1.807) is 17.8 Å². The van der Waals surface area contributed by atoms with Crippen LogP contribution in [0.3, 0.4) is 0 Å². The molecule has 156 valence electrons. The number of nitrogens with zero attached hydrogens (tertiary/aromatic N) is 2. The zero-order chi connectivity index (χ0) is 20.4. The van der Waals surface area contributed by atoms with Crippen LogP contribution in [0, 0.1) is 5.82 Å². The molecule has 1 aliphatic rings. The van der Waals surface area contributed by atoms with Crippen LogP contribution < -0.4 is 10.6 Å². The third kappa shape index (κ3) is 6.69. The van der Waals surface area contributed by atoms with Crippen LogP contribution in [-0.2, 0) is 17.1 Å². The lowest BCUT2D eigenvalue weighted by molar-refractivity contribution is -0.129. The molecule has 0 radical (unpaired) electrons. The van der Waals surface area contributed by atoms with Gasteiger partial charge in [-0.15, -0.1) is 0 Å². The van der Waals surface area contributed by atoms with E-state index in [-0.39, 0.29) is 17.8 Å². The van der Waals surface area contributed by atoms with E-state index in [2.05, 4.69) is 22.5 Å². The van der Waals surface area contributed by atoms with Gasteiger partial charge in [-0.2, -0.15) is 11.8 Å². The number of thioether (sulfide) groups is 1. The molecule has 1 amide bonds. The number of benzene rings is 1. The van der Waals surface area contributed by atoms with E-state index in [0.29, 0.717) is 13.0 Å². The van der Waals surface area contributed by atoms with Crippen molar-refractivity contribution >= 4 is 23.6 Å². The van der Waals surface area contributed by atoms with Crippen LogP contribution in [-0.4, -0.2) is 48.7 Å². The molecule has 5 nitrogen and oxygen atoms in total. The van der Waals surface area contributed by atoms with E-state index in [1.807, 2.05) is 24.1 Å². The van der Waals surface area contributed by atoms with Gasteiger partial charge in [0.05, 0.1) is 6.54 Å². The minimum absolute atomic E-state index is 0.205. The number of guanidine groups is 1. The zero-order valence-corrected chi connectivity index (χ0v) is 18.1. The predicted octanol–water partition coefficient (Wildman–Crippen LogP) is 3.53. The normalized spacial score (nSPS) is 15.8. The number of amides is 1. The number of carbonyl (C=O) groups excluding carboxylic acids is 1. The zero-order valence-electron chi connectivity index (χ0n) is 17.3. The fourth-order valence-electron chi connectivity index (χ4n) is 3.54. The molecule has 0 bridgehead atoms. The maximum absolute atomic E-state index is 13.5. The first kappa shape index (κ1) is 22.5. The van der Waals surface area contributed by atoms with E-state index >= 15 is 0 Å². The van der Waals surface area contributed by atoms with Crippen molar-refractivity contribution in [3.63, 3.8) is 0 Å². The molecule has 1 aromatic carbocycles. The number of hydrogen-bond donors (Lipinski definition) is 2. The van der Waals surface area contributed by atoms with Crippen LogP contribution in [0.15, 0.2) is 23.2 Å². The summed E-state index contributed by atoms with van der Waals surface area (Å²) in [5.74, 6) is 1.60. The Bertz CT molecular complexity index is 668. The number of likely N-dealkylation sites (tertiary alicyclic amines) is 1. The number of aliphatic imine (C=N–C) groups is 1. The van der Waals surface area contributed by atoms with Crippen molar-refractivity contribution in [1.82, 2.24) is 15.5 Å². The first-order valence-electron chi connectivity index (χ1n) is 10.2. The van der Waals surface area contributed by atoms with Gasteiger partial charge >= 0.3 is 0 Å². The standard InChI is InChI=1S/C21H33FN4OS/c1-4-19(26-12-6-7-20(26)27)10-11-24-21(23-5-2)25-14-16-8-9-18(22)13-17(16)15-28-3/h8-9,13,19H,4-7,10-12,14-15H2,1-3H3,(H2,23,24,25). The van der Waals surface area contributed by atoms with Gasteiger partial charge < -0.3 is 15.5 Å². The van der Waals surface area contributed by atoms with E-state index in [4.69, 9.17) is 0 Å². The lowest BCUT2D eigenvalue weighted by atomic mass is 10.1. The van der Waals surface area contributed by atoms with Crippen LogP contribution in [0.4, 0.5) is 4.39 Å². The Morgan fingerprint density at radius 1 is 1.32 bits per heavy atom. The molecular weight excluding hydrogens is 375 g/mol. The summed E-state index contributed by atoms with van der Waals surface area (Å²) in [6, 6.07) is 5.20. The quantitative estimate of drug-likeness (QED) is 0.459. The molecular formula is C21H33FN4OS. The number of carbonyl (C=O) groups is 1. The van der Waals surface area contributed by atoms with Gasteiger partial charge in [0.1, 0.15) is 5.82 Å². The number of rotatable bonds is 10. The van der Waals surface area contributed by atoms with E-state index in [0.717, 1.165) is 61.7 Å². The lowest BCUT2D eigenvalue weighted by Crippen LogP contribution is -2.42. The molecule has 1 aromatic rings. The van der Waals surface area contributed by atoms with Crippen LogP contribution in [0.2, 0.25) is 0 Å². The van der Waals surface area contributed by atoms with Crippen molar-refractivity contribution in [3.05, 3.63) is 35.1 Å². The molecule has 1 unspecified atom stereocenters. The second-order valence-electron chi connectivity index (χ2n) is 7.01. The minimum Gasteiger partial charge on any atom is -0.357 e. The first-order chi connectivity index (χ1) is 13.6. The molecule has 0 aliphatic carbocycles. The van der Waals surface area contributed by atoms with Gasteiger partial charge in [0, 0.05) is 37.8 Å². The topological polar surface area (TPSA) is 56.7 Å². The molecule has 0 aromatic heterocycles. The maximum Gasteiger partial charge on any atom is 0.222 e. The van der Waals surface area contributed by atoms with Gasteiger partial charge in [0.2, 0.25) is 5.91 Å². The van der Waals surface area contributed by atoms with Crippen LogP contribution in [0.25, 0.3) is 0 Å². The van der Waals surface area contributed by atoms with Crippen molar-refractivity contribution in [2.45, 2.75) is 57.9 Å². The average Bonchev–Trinajstić information content (AvgIpc) is 3.10. The van der Waals surface area contributed by atoms with Crippen molar-refractivity contribution < 1.29 is 9.18 Å². The fourth-order valence-corrected chi connectivity index (χ4v) is 4.12. The largest absolute Gasteiger partial charge is 0.357 e. The maximum atomic E-state index is 13.5. The van der Waals surface area contributed by atoms with Crippen molar-refractivity contribution in [1.29, 1.82) is 0 Å². The third-order valence-electron chi connectivity index (χ3n) is 5.01. The summed E-state index contributed by atoms with van der Waals surface area (Å²) in [6.45, 7) is 7.09. The summed E-state index contributed by atoms with van der Waals surface area (Å²) in [6.07, 6.45) is 5.54. The second kappa shape index (κ2) is 11.9. The molecule has 0 spiro atoms. The van der Waals surface area contributed by atoms with Crippen molar-refractivity contribution in [2.24, 2.45) is 4.99 Å². The number of hydrogen-bond acceptors (Lipinski definition) is 3. The SMILES string of the molecule is CCNC(=NCc1ccc(F)cc1CSC)NCCC(CC)N1CCCC1=O. The first-order valence-corrected chi connectivity index (χ1v) is 11.6. The van der Waals surface area contributed by atoms with Gasteiger partial charge in [0.15, 0.2) is 5.96 Å². The predicted molar refractivity (Wildman–Crippen MR) is 116 cm³/mol. The summed E-state index contributed by atoms with van der Waals surface area (Å²) in [5.41, 5.74) is 2.03. The van der Waals surface area contributed by atoms with E-state index < -0.39 is 0 Å². The molecule has 2 N–H and O–H groups in total. The molecule has 7 heteroatoms. The van der Waals surface area contributed by atoms with E-state index in [9.17, 15) is 9.18 Å². The van der Waals surface area contributed by atoms with E-state index in [1.165, 1.54) is 6.07 Å². The van der Waals surface area contributed by atoms with Gasteiger partial charge in [-0.3, -0.25) is 4.79 Å². The second-order valence-corrected chi connectivity index (χ2v) is 7.88. The summed E-state index contributed by atoms with van der Waals surface area (Å²) in [4.78, 5) is 18.7. The third-order valence-corrected chi connectivity index (χ3v) is 5.61. The molecule has 1 saturated heterocycles. The molecule has 1 atom stereocenters. The molecule has 1 heterocycles. The Morgan fingerprint density at radius 3 is 2.79 bits per heavy atom. The Hall–Kier alpha value is -1.76. The Morgan fingerprint density at radius 2 is 2.14 bits per heavy atom. The average molecular weight is 409 g/mol. The minimum atomic E-state index is -0.205. The van der Waals surface area contributed by atoms with Crippen LogP contribution in [0.5, 0.6) is 0 Å². The summed E-state index contributed by atoms with van der Waals surface area (Å²) in [7, 11) is 0. The number of halogens is 1. The smallest absolute Gasteiger partial charge is 0.222 e. The van der Waals surface area contributed by atoms with Crippen molar-refractivity contribution in [3.8, 4) is 0 Å². The Labute approximate surface area is 172 Å². The molecule has 1 fully saturated rings. The molecule has 0 saturated carbocycles. The molecule has 2 rings (SSSR count). The van der Waals surface area contributed by atoms with Crippen molar-refractivity contribution in [2.75, 3.05) is 25.9 Å². The van der Waals surface area contributed by atoms with Gasteiger partial charge in [-0.05, 0) is 55.7 Å². The fraction of sp³-hybridized carbons (Fsp3) is 0.619. The summed E-state index contributed by atoms with van der Waals surface area (Å²) >= 11 is 1.68. The molecule has 1 aliphatic heterocycles. The van der Waals surface area contributed by atoms with Gasteiger partial charge in [0.25, 0.3) is 0 Å². The highest BCUT2D eigenvalue weighted by atomic mass is 32.2. The monoisotopic (exact) mass is 408 g/mol. The summed E-state index contributed by atoms with van der Waals surface area (Å²) in [5, 5.41) is 6.64. The van der Waals surface area contributed by atoms with Gasteiger partial charge in [-0.1, -0.05) is 13.0 Å². The van der Waals surface area contributed by atoms with Gasteiger partial charge in [-0.25, -0.2) is 9.38 Å². The summed E-state index contributed by atoms with van der Waals surface area (Å²) < 4.78 is 13.5. The van der Waals surface area contributed by atoms with Crippen LogP contribution in [0.1, 0.15) is 50.7 Å². The highest BCUT2D eigenvalue weighted by Crippen LogP contribution is 2.18. The molecule has 28 heavy (non-hydrogen) atoms.